The summed E-state index contributed by atoms with van der Waals surface area (Å²) in [5, 5.41) is 0. The number of nitrogens with one attached hydrogen (secondary N) is 1. The van der Waals surface area contributed by atoms with Crippen molar-refractivity contribution in [1.82, 2.24) is 4.98 Å². The molecule has 82 valence electrons. The van der Waals surface area contributed by atoms with E-state index in [2.05, 4.69) is 4.98 Å². The number of rotatable bonds is 0. The predicted molar refractivity (Wildman–Crippen MR) is 58.7 cm³/mol. The van der Waals surface area contributed by atoms with Crippen molar-refractivity contribution in [1.29, 1.82) is 0 Å². The Hall–Kier alpha value is -1.64. The van der Waals surface area contributed by atoms with Crippen molar-refractivity contribution in [3.63, 3.8) is 0 Å². The molecule has 1 aliphatic carbocycles. The van der Waals surface area contributed by atoms with E-state index in [0.29, 0.717) is 11.1 Å². The fourth-order valence-electron chi connectivity index (χ4n) is 2.34. The molecular weight excluding hydrogens is 208 g/mol. The lowest BCUT2D eigenvalue weighted by molar-refractivity contribution is 0.0436. The summed E-state index contributed by atoms with van der Waals surface area (Å²) in [4.78, 5) is 2.76. The quantitative estimate of drug-likeness (QED) is 0.694. The Bertz CT molecular complexity index is 582. The van der Waals surface area contributed by atoms with Gasteiger partial charge in [-0.25, -0.2) is 0 Å². The first-order valence-electron chi connectivity index (χ1n) is 5.19. The van der Waals surface area contributed by atoms with Crippen LogP contribution in [0.5, 0.6) is 0 Å². The maximum absolute atomic E-state index is 14.1. The Morgan fingerprint density at radius 2 is 1.81 bits per heavy atom. The van der Waals surface area contributed by atoms with Crippen LogP contribution in [-0.4, -0.2) is 4.98 Å². The Morgan fingerprint density at radius 1 is 1.06 bits per heavy atom. The van der Waals surface area contributed by atoms with E-state index in [0.717, 1.165) is 11.3 Å². The van der Waals surface area contributed by atoms with Crippen LogP contribution >= 0.6 is 0 Å². The number of aromatic amines is 1. The summed E-state index contributed by atoms with van der Waals surface area (Å²) >= 11 is 0. The predicted octanol–water partition coefficient (Wildman–Crippen LogP) is 3.75. The van der Waals surface area contributed by atoms with Gasteiger partial charge in [-0.3, -0.25) is 0 Å². The lowest BCUT2D eigenvalue weighted by Crippen LogP contribution is -2.12. The first-order chi connectivity index (χ1) is 7.50. The first-order valence-corrected chi connectivity index (χ1v) is 5.19. The van der Waals surface area contributed by atoms with Gasteiger partial charge < -0.3 is 4.98 Å². The molecule has 0 spiro atoms. The van der Waals surface area contributed by atoms with Crippen LogP contribution in [0.4, 0.5) is 8.78 Å². The molecular formula is C13H11F2N. The van der Waals surface area contributed by atoms with Crippen molar-refractivity contribution in [2.45, 2.75) is 19.8 Å². The van der Waals surface area contributed by atoms with E-state index < -0.39 is 5.92 Å². The normalized spacial score (nSPS) is 16.0. The third-order valence-electron chi connectivity index (χ3n) is 3.07. The summed E-state index contributed by atoms with van der Waals surface area (Å²) in [5.41, 5.74) is 3.07. The highest BCUT2D eigenvalue weighted by molar-refractivity contribution is 5.79. The zero-order valence-electron chi connectivity index (χ0n) is 9.07. The highest BCUT2D eigenvalue weighted by Gasteiger charge is 2.45. The molecule has 1 N–H and O–H groups in total. The van der Waals surface area contributed by atoms with Crippen LogP contribution in [-0.2, 0) is 5.92 Å². The van der Waals surface area contributed by atoms with Gasteiger partial charge in [-0.2, -0.15) is 8.78 Å². The summed E-state index contributed by atoms with van der Waals surface area (Å²) < 4.78 is 28.2. The van der Waals surface area contributed by atoms with Crippen LogP contribution in [0, 0.1) is 13.8 Å². The molecule has 0 fully saturated rings. The van der Waals surface area contributed by atoms with Gasteiger partial charge in [0.1, 0.15) is 0 Å². The second-order valence-corrected chi connectivity index (χ2v) is 4.36. The SMILES string of the molecule is Cc1ccc2c(c1)C(F)(F)c1[nH]c(C)cc1-2. The average molecular weight is 219 g/mol. The largest absolute Gasteiger partial charge is 0.357 e. The number of benzene rings is 1. The van der Waals surface area contributed by atoms with E-state index in [1.165, 1.54) is 0 Å². The van der Waals surface area contributed by atoms with Crippen molar-refractivity contribution in [3.8, 4) is 11.1 Å². The number of hydrogen-bond acceptors (Lipinski definition) is 0. The van der Waals surface area contributed by atoms with Crippen molar-refractivity contribution in [3.05, 3.63) is 46.8 Å². The van der Waals surface area contributed by atoms with Crippen LogP contribution < -0.4 is 0 Å². The lowest BCUT2D eigenvalue weighted by atomic mass is 10.0. The Balaban J connectivity index is 2.37. The fraction of sp³-hybridized carbons (Fsp3) is 0.231. The van der Waals surface area contributed by atoms with E-state index in [1.807, 2.05) is 13.0 Å². The molecule has 1 aromatic heterocycles. The highest BCUT2D eigenvalue weighted by atomic mass is 19.3. The van der Waals surface area contributed by atoms with Crippen LogP contribution in [0.2, 0.25) is 0 Å². The van der Waals surface area contributed by atoms with Crippen LogP contribution in [0.25, 0.3) is 11.1 Å². The molecule has 0 amide bonds. The minimum absolute atomic E-state index is 0.0330. The van der Waals surface area contributed by atoms with Gasteiger partial charge in [0.05, 0.1) is 5.69 Å². The van der Waals surface area contributed by atoms with E-state index in [9.17, 15) is 8.78 Å². The number of hydrogen-bond donors (Lipinski definition) is 1. The number of halogens is 2. The number of alkyl halides is 2. The van der Waals surface area contributed by atoms with Crippen LogP contribution in [0.1, 0.15) is 22.5 Å². The van der Waals surface area contributed by atoms with Gasteiger partial charge in [0, 0.05) is 16.8 Å². The maximum Gasteiger partial charge on any atom is 0.314 e. The topological polar surface area (TPSA) is 15.8 Å². The maximum atomic E-state index is 14.1. The van der Waals surface area contributed by atoms with Gasteiger partial charge >= 0.3 is 5.92 Å². The van der Waals surface area contributed by atoms with Crippen molar-refractivity contribution in [2.24, 2.45) is 0 Å². The summed E-state index contributed by atoms with van der Waals surface area (Å²) in [6, 6.07) is 6.99. The molecule has 3 rings (SSSR count). The number of aryl methyl sites for hydroxylation is 2. The first kappa shape index (κ1) is 9.58. The Kier molecular flexibility index (Phi) is 1.63. The van der Waals surface area contributed by atoms with Crippen molar-refractivity contribution < 1.29 is 8.78 Å². The average Bonchev–Trinajstić information content (AvgIpc) is 2.67. The van der Waals surface area contributed by atoms with Gasteiger partial charge in [0.15, 0.2) is 0 Å². The van der Waals surface area contributed by atoms with Gasteiger partial charge in [-0.1, -0.05) is 17.7 Å². The van der Waals surface area contributed by atoms with Crippen LogP contribution in [0.15, 0.2) is 24.3 Å². The highest BCUT2D eigenvalue weighted by Crippen LogP contribution is 2.50. The third kappa shape index (κ3) is 1.03. The summed E-state index contributed by atoms with van der Waals surface area (Å²) in [6.45, 7) is 3.62. The number of H-pyrrole nitrogens is 1. The monoisotopic (exact) mass is 219 g/mol. The second-order valence-electron chi connectivity index (χ2n) is 4.36. The van der Waals surface area contributed by atoms with Gasteiger partial charge in [-0.05, 0) is 31.5 Å². The zero-order valence-corrected chi connectivity index (χ0v) is 9.07. The zero-order chi connectivity index (χ0) is 11.5. The Morgan fingerprint density at radius 3 is 2.56 bits per heavy atom. The van der Waals surface area contributed by atoms with Crippen molar-refractivity contribution in [2.75, 3.05) is 0 Å². The molecule has 2 aromatic rings. The molecule has 0 unspecified atom stereocenters. The second kappa shape index (κ2) is 2.73. The lowest BCUT2D eigenvalue weighted by Gasteiger charge is -2.11. The molecule has 0 aliphatic heterocycles. The van der Waals surface area contributed by atoms with E-state index in [4.69, 9.17) is 0 Å². The van der Waals surface area contributed by atoms with Gasteiger partial charge in [0.2, 0.25) is 0 Å². The fourth-order valence-corrected chi connectivity index (χ4v) is 2.34. The molecule has 0 radical (unpaired) electrons. The molecule has 1 aliphatic rings. The Labute approximate surface area is 92.1 Å². The molecule has 0 saturated heterocycles. The number of fused-ring (bicyclic) bond motifs is 3. The number of aromatic nitrogens is 1. The molecule has 3 heteroatoms. The standard InChI is InChI=1S/C13H11F2N/c1-7-3-4-9-10-6-8(2)16-12(10)13(14,15)11(9)5-7/h3-6,16H,1-2H3. The van der Waals surface area contributed by atoms with E-state index >= 15 is 0 Å². The third-order valence-corrected chi connectivity index (χ3v) is 3.07. The van der Waals surface area contributed by atoms with E-state index in [-0.39, 0.29) is 11.3 Å². The molecule has 0 bridgehead atoms. The molecule has 0 saturated carbocycles. The summed E-state index contributed by atoms with van der Waals surface area (Å²) in [6.07, 6.45) is 0. The summed E-state index contributed by atoms with van der Waals surface area (Å²) in [7, 11) is 0. The van der Waals surface area contributed by atoms with Crippen molar-refractivity contribution >= 4 is 0 Å². The minimum atomic E-state index is -2.88. The molecule has 0 atom stereocenters. The smallest absolute Gasteiger partial charge is 0.314 e. The molecule has 1 heterocycles. The molecule has 1 aromatic carbocycles. The summed E-state index contributed by atoms with van der Waals surface area (Å²) in [5.74, 6) is -2.88. The molecule has 1 nitrogen and oxygen atoms in total. The van der Waals surface area contributed by atoms with E-state index in [1.54, 1.807) is 25.1 Å². The molecule has 16 heavy (non-hydrogen) atoms. The minimum Gasteiger partial charge on any atom is -0.357 e. The van der Waals surface area contributed by atoms with Crippen LogP contribution in [0.3, 0.4) is 0 Å². The van der Waals surface area contributed by atoms with Gasteiger partial charge in [-0.15, -0.1) is 0 Å². The van der Waals surface area contributed by atoms with Gasteiger partial charge in [0.25, 0.3) is 0 Å².